The van der Waals surface area contributed by atoms with Crippen LogP contribution in [0.3, 0.4) is 0 Å². The minimum atomic E-state index is 1.04. The first kappa shape index (κ1) is 17.1. The molecule has 0 N–H and O–H groups in total. The Balaban J connectivity index is 1.92. The Kier molecular flexibility index (Phi) is 8.41. The molecule has 0 spiro atoms. The van der Waals surface area contributed by atoms with Gasteiger partial charge >= 0.3 is 0 Å². The first-order valence-electron chi connectivity index (χ1n) is 8.33. The second-order valence-corrected chi connectivity index (χ2v) is 6.42. The molecule has 1 fully saturated rings. The molecule has 0 aromatic carbocycles. The number of hydrogen-bond acceptors (Lipinski definition) is 1. The van der Waals surface area contributed by atoms with Gasteiger partial charge in [-0.3, -0.25) is 0 Å². The van der Waals surface area contributed by atoms with E-state index in [0.717, 1.165) is 6.54 Å². The molecule has 20 heavy (non-hydrogen) atoms. The van der Waals surface area contributed by atoms with Crippen LogP contribution in [0.25, 0.3) is 0 Å². The van der Waals surface area contributed by atoms with Crippen molar-refractivity contribution in [2.75, 3.05) is 13.1 Å². The summed E-state index contributed by atoms with van der Waals surface area (Å²) in [6.07, 6.45) is 12.9. The molecule has 1 heteroatoms. The molecule has 1 rings (SSSR count). The predicted molar refractivity (Wildman–Crippen MR) is 90.8 cm³/mol. The maximum atomic E-state index is 4.23. The second-order valence-electron chi connectivity index (χ2n) is 6.42. The molecule has 1 aliphatic heterocycles. The van der Waals surface area contributed by atoms with Gasteiger partial charge in [0.25, 0.3) is 0 Å². The average molecular weight is 275 g/mol. The van der Waals surface area contributed by atoms with Crippen LogP contribution in [0.1, 0.15) is 71.1 Å². The van der Waals surface area contributed by atoms with Crippen LogP contribution in [0.5, 0.6) is 0 Å². The highest BCUT2D eigenvalue weighted by molar-refractivity contribution is 5.07. The molecule has 0 aromatic rings. The fourth-order valence-electron chi connectivity index (χ4n) is 2.84. The summed E-state index contributed by atoms with van der Waals surface area (Å²) in [5.41, 5.74) is 4.02. The number of nitrogens with zero attached hydrogens (tertiary/aromatic N) is 1. The van der Waals surface area contributed by atoms with Crippen molar-refractivity contribution in [2.24, 2.45) is 0 Å². The van der Waals surface area contributed by atoms with E-state index in [-0.39, 0.29) is 0 Å². The van der Waals surface area contributed by atoms with E-state index >= 15 is 0 Å². The van der Waals surface area contributed by atoms with Crippen molar-refractivity contribution in [3.05, 3.63) is 36.6 Å². The number of allylic oxidation sites excluding steroid dienone is 2. The number of hydrogen-bond donors (Lipinski definition) is 0. The van der Waals surface area contributed by atoms with Crippen LogP contribution >= 0.6 is 0 Å². The van der Waals surface area contributed by atoms with Gasteiger partial charge in [0.2, 0.25) is 0 Å². The van der Waals surface area contributed by atoms with Crippen molar-refractivity contribution in [1.82, 2.24) is 4.90 Å². The van der Waals surface area contributed by atoms with E-state index in [1.165, 1.54) is 87.6 Å². The van der Waals surface area contributed by atoms with E-state index in [2.05, 4.69) is 31.6 Å². The summed E-state index contributed by atoms with van der Waals surface area (Å²) in [5.74, 6) is 0. The highest BCUT2D eigenvalue weighted by Crippen LogP contribution is 2.21. The van der Waals surface area contributed by atoms with E-state index in [1.807, 2.05) is 0 Å². The summed E-state index contributed by atoms with van der Waals surface area (Å²) in [6.45, 7) is 16.6. The van der Waals surface area contributed by atoms with Crippen molar-refractivity contribution in [1.29, 1.82) is 0 Å². The maximum Gasteiger partial charge on any atom is 0.0383 e. The number of likely N-dealkylation sites (tertiary alicyclic amines) is 1. The van der Waals surface area contributed by atoms with Crippen molar-refractivity contribution >= 4 is 0 Å². The van der Waals surface area contributed by atoms with E-state index in [9.17, 15) is 0 Å². The molecule has 0 saturated carbocycles. The first-order valence-corrected chi connectivity index (χ1v) is 8.33. The zero-order chi connectivity index (χ0) is 14.8. The third kappa shape index (κ3) is 7.57. The summed E-state index contributed by atoms with van der Waals surface area (Å²) in [5, 5.41) is 0. The van der Waals surface area contributed by atoms with Crippen molar-refractivity contribution in [2.45, 2.75) is 71.1 Å². The van der Waals surface area contributed by atoms with E-state index in [0.29, 0.717) is 0 Å². The van der Waals surface area contributed by atoms with Crippen molar-refractivity contribution < 1.29 is 0 Å². The van der Waals surface area contributed by atoms with E-state index in [1.54, 1.807) is 0 Å². The molecule has 0 amide bonds. The number of rotatable bonds is 11. The highest BCUT2D eigenvalue weighted by Gasteiger charge is 2.14. The highest BCUT2D eigenvalue weighted by atomic mass is 15.1. The molecule has 1 nitrogen and oxygen atoms in total. The van der Waals surface area contributed by atoms with Gasteiger partial charge in [-0.25, -0.2) is 0 Å². The van der Waals surface area contributed by atoms with Crippen LogP contribution < -0.4 is 0 Å². The topological polar surface area (TPSA) is 3.24 Å². The summed E-state index contributed by atoms with van der Waals surface area (Å²) in [7, 11) is 0. The molecular weight excluding hydrogens is 242 g/mol. The minimum Gasteiger partial charge on any atom is -0.371 e. The van der Waals surface area contributed by atoms with Gasteiger partial charge in [0.1, 0.15) is 0 Å². The lowest BCUT2D eigenvalue weighted by molar-refractivity contribution is 0.420. The largest absolute Gasteiger partial charge is 0.371 e. The lowest BCUT2D eigenvalue weighted by Crippen LogP contribution is -2.19. The van der Waals surface area contributed by atoms with Crippen LogP contribution in [0, 0.1) is 0 Å². The molecule has 114 valence electrons. The second kappa shape index (κ2) is 9.85. The van der Waals surface area contributed by atoms with Crippen LogP contribution in [-0.4, -0.2) is 18.0 Å². The first-order chi connectivity index (χ1) is 9.59. The molecule has 0 aromatic heterocycles. The predicted octanol–water partition coefficient (Wildman–Crippen LogP) is 5.85. The van der Waals surface area contributed by atoms with Gasteiger partial charge in [-0.05, 0) is 45.4 Å². The zero-order valence-electron chi connectivity index (χ0n) is 13.6. The Morgan fingerprint density at radius 1 is 1.00 bits per heavy atom. The van der Waals surface area contributed by atoms with Crippen LogP contribution in [0.15, 0.2) is 36.6 Å². The normalized spacial score (nSPS) is 14.8. The monoisotopic (exact) mass is 275 g/mol. The average Bonchev–Trinajstić information content (AvgIpc) is 2.78. The Bertz CT molecular complexity index is 327. The third-order valence-corrected chi connectivity index (χ3v) is 4.14. The maximum absolute atomic E-state index is 4.23. The summed E-state index contributed by atoms with van der Waals surface area (Å²) >= 11 is 0. The lowest BCUT2D eigenvalue weighted by Gasteiger charge is -2.20. The lowest BCUT2D eigenvalue weighted by atomic mass is 10.0. The van der Waals surface area contributed by atoms with Gasteiger partial charge in [0, 0.05) is 18.8 Å². The Morgan fingerprint density at radius 2 is 1.60 bits per heavy atom. The smallest absolute Gasteiger partial charge is 0.0383 e. The molecule has 1 heterocycles. The van der Waals surface area contributed by atoms with Gasteiger partial charge in [-0.1, -0.05) is 50.0 Å². The Hall–Kier alpha value is -0.980. The molecular formula is C19H33N. The fourth-order valence-corrected chi connectivity index (χ4v) is 2.84. The Labute approximate surface area is 126 Å². The SMILES string of the molecule is C=C(C)CCCCCCCCC(=C)CN1CCCC1=C. The van der Waals surface area contributed by atoms with Gasteiger partial charge in [0.15, 0.2) is 0 Å². The zero-order valence-corrected chi connectivity index (χ0v) is 13.6. The van der Waals surface area contributed by atoms with Gasteiger partial charge in [-0.15, -0.1) is 6.58 Å². The van der Waals surface area contributed by atoms with Crippen molar-refractivity contribution in [3.8, 4) is 0 Å². The van der Waals surface area contributed by atoms with Crippen molar-refractivity contribution in [3.63, 3.8) is 0 Å². The van der Waals surface area contributed by atoms with Gasteiger partial charge in [-0.2, -0.15) is 0 Å². The third-order valence-electron chi connectivity index (χ3n) is 4.14. The molecule has 0 atom stereocenters. The Morgan fingerprint density at radius 3 is 2.15 bits per heavy atom. The molecule has 0 unspecified atom stereocenters. The molecule has 0 radical (unpaired) electrons. The van der Waals surface area contributed by atoms with Gasteiger partial charge in [0.05, 0.1) is 0 Å². The van der Waals surface area contributed by atoms with Crippen LogP contribution in [0.2, 0.25) is 0 Å². The van der Waals surface area contributed by atoms with E-state index in [4.69, 9.17) is 0 Å². The summed E-state index contributed by atoms with van der Waals surface area (Å²) < 4.78 is 0. The van der Waals surface area contributed by atoms with Crippen LogP contribution in [0.4, 0.5) is 0 Å². The standard InChI is InChI=1S/C19H33N/c1-17(2)12-9-7-5-6-8-10-13-18(3)16-20-15-11-14-19(20)4/h1,3-16H2,2H3. The quantitative estimate of drug-likeness (QED) is 0.338. The van der Waals surface area contributed by atoms with Gasteiger partial charge < -0.3 is 4.90 Å². The minimum absolute atomic E-state index is 1.04. The molecule has 0 bridgehead atoms. The summed E-state index contributed by atoms with van der Waals surface area (Å²) in [4.78, 5) is 2.40. The molecule has 1 saturated heterocycles. The molecule has 1 aliphatic rings. The van der Waals surface area contributed by atoms with E-state index < -0.39 is 0 Å². The van der Waals surface area contributed by atoms with Crippen LogP contribution in [-0.2, 0) is 0 Å². The summed E-state index contributed by atoms with van der Waals surface area (Å²) in [6, 6.07) is 0. The molecule has 0 aliphatic carbocycles. The fraction of sp³-hybridized carbons (Fsp3) is 0.684. The number of unbranched alkanes of at least 4 members (excludes halogenated alkanes) is 5.